The molecule has 2 rings (SSSR count). The lowest BCUT2D eigenvalue weighted by atomic mass is 9.93. The first-order chi connectivity index (χ1) is 12.6. The first-order valence-electron chi connectivity index (χ1n) is 9.30. The molecule has 0 unspecified atom stereocenters. The van der Waals surface area contributed by atoms with Gasteiger partial charge in [0.15, 0.2) is 11.7 Å². The Bertz CT molecular complexity index is 659. The van der Waals surface area contributed by atoms with E-state index in [9.17, 15) is 5.11 Å². The lowest BCUT2D eigenvalue weighted by molar-refractivity contribution is 0.0257. The molecule has 0 atom stereocenters. The average Bonchev–Trinajstić information content (AvgIpc) is 3.29. The van der Waals surface area contributed by atoms with Crippen LogP contribution in [-0.2, 0) is 6.54 Å². The Kier molecular flexibility index (Phi) is 7.65. The minimum absolute atomic E-state index is 0.350. The predicted octanol–water partition coefficient (Wildman–Crippen LogP) is 2.45. The molecule has 4 N–H and O–H groups in total. The van der Waals surface area contributed by atoms with Crippen molar-refractivity contribution in [1.82, 2.24) is 25.8 Å². The molecule has 144 valence electrons. The van der Waals surface area contributed by atoms with Gasteiger partial charge in [-0.2, -0.15) is 0 Å². The highest BCUT2D eigenvalue weighted by Crippen LogP contribution is 2.18. The number of hydrogen-bond donors (Lipinski definition) is 4. The van der Waals surface area contributed by atoms with Crippen LogP contribution in [0.2, 0.25) is 0 Å². The van der Waals surface area contributed by atoms with Crippen LogP contribution in [-0.4, -0.2) is 44.9 Å². The van der Waals surface area contributed by atoms with Crippen LogP contribution in [0.3, 0.4) is 0 Å². The Hall–Kier alpha value is -2.35. The molecule has 0 saturated heterocycles. The standard InChI is InChI=1S/C18H30N6O2/c1-4-9-18(25,10-5-2)13-21-17(19-6-3)20-12-15-22-16(24-23-15)14-8-7-11-26-14/h7-8,11,25H,4-6,9-10,12-13H2,1-3H3,(H2,19,20,21)(H,22,23,24). The van der Waals surface area contributed by atoms with Gasteiger partial charge in [-0.05, 0) is 31.9 Å². The second-order valence-corrected chi connectivity index (χ2v) is 6.36. The SMILES string of the molecule is CCCC(O)(CCC)CNC(=NCc1nc(-c2ccco2)n[nH]1)NCC. The van der Waals surface area contributed by atoms with Gasteiger partial charge < -0.3 is 20.2 Å². The molecule has 0 saturated carbocycles. The average molecular weight is 362 g/mol. The topological polar surface area (TPSA) is 111 Å². The van der Waals surface area contributed by atoms with Crippen molar-refractivity contribution in [1.29, 1.82) is 0 Å². The number of hydrogen-bond acceptors (Lipinski definition) is 5. The first-order valence-corrected chi connectivity index (χ1v) is 9.30. The van der Waals surface area contributed by atoms with Gasteiger partial charge in [-0.15, -0.1) is 5.10 Å². The number of rotatable bonds is 10. The van der Waals surface area contributed by atoms with Crippen LogP contribution in [0.1, 0.15) is 52.3 Å². The number of aromatic nitrogens is 3. The largest absolute Gasteiger partial charge is 0.461 e. The molecule has 0 aliphatic heterocycles. The Morgan fingerprint density at radius 2 is 2.04 bits per heavy atom. The summed E-state index contributed by atoms with van der Waals surface area (Å²) >= 11 is 0. The summed E-state index contributed by atoms with van der Waals surface area (Å²) in [4.78, 5) is 8.90. The molecular formula is C18H30N6O2. The Morgan fingerprint density at radius 1 is 1.27 bits per heavy atom. The van der Waals surface area contributed by atoms with Gasteiger partial charge in [-0.1, -0.05) is 26.7 Å². The van der Waals surface area contributed by atoms with E-state index < -0.39 is 5.60 Å². The van der Waals surface area contributed by atoms with Gasteiger partial charge >= 0.3 is 0 Å². The summed E-state index contributed by atoms with van der Waals surface area (Å²) in [6, 6.07) is 3.61. The maximum atomic E-state index is 10.7. The summed E-state index contributed by atoms with van der Waals surface area (Å²) in [5.41, 5.74) is -0.710. The van der Waals surface area contributed by atoms with Crippen molar-refractivity contribution in [2.75, 3.05) is 13.1 Å². The van der Waals surface area contributed by atoms with Crippen LogP contribution in [0.25, 0.3) is 11.6 Å². The smallest absolute Gasteiger partial charge is 0.216 e. The summed E-state index contributed by atoms with van der Waals surface area (Å²) < 4.78 is 5.29. The highest BCUT2D eigenvalue weighted by molar-refractivity contribution is 5.79. The number of furan rings is 1. The van der Waals surface area contributed by atoms with Crippen LogP contribution < -0.4 is 10.6 Å². The molecule has 2 aromatic rings. The molecular weight excluding hydrogens is 332 g/mol. The highest BCUT2D eigenvalue weighted by Gasteiger charge is 2.24. The van der Waals surface area contributed by atoms with Crippen LogP contribution in [0.4, 0.5) is 0 Å². The lowest BCUT2D eigenvalue weighted by Gasteiger charge is -2.28. The van der Waals surface area contributed by atoms with Gasteiger partial charge in [0.25, 0.3) is 0 Å². The summed E-state index contributed by atoms with van der Waals surface area (Å²) in [7, 11) is 0. The zero-order valence-electron chi connectivity index (χ0n) is 15.9. The zero-order valence-corrected chi connectivity index (χ0v) is 15.9. The van der Waals surface area contributed by atoms with E-state index >= 15 is 0 Å². The van der Waals surface area contributed by atoms with Crippen LogP contribution >= 0.6 is 0 Å². The summed E-state index contributed by atoms with van der Waals surface area (Å²) in [6.45, 7) is 7.73. The molecule has 0 aromatic carbocycles. The van der Waals surface area contributed by atoms with Crippen LogP contribution in [0.15, 0.2) is 27.8 Å². The first kappa shape index (κ1) is 20.0. The molecule has 2 aromatic heterocycles. The maximum Gasteiger partial charge on any atom is 0.216 e. The van der Waals surface area contributed by atoms with Crippen molar-refractivity contribution in [2.24, 2.45) is 4.99 Å². The number of H-pyrrole nitrogens is 1. The molecule has 0 fully saturated rings. The number of aliphatic imine (C=N–C) groups is 1. The maximum absolute atomic E-state index is 10.7. The van der Waals surface area contributed by atoms with Crippen molar-refractivity contribution in [2.45, 2.75) is 58.6 Å². The third kappa shape index (κ3) is 5.87. The molecule has 0 bridgehead atoms. The number of aliphatic hydroxyl groups is 1. The van der Waals surface area contributed by atoms with Crippen LogP contribution in [0, 0.1) is 0 Å². The van der Waals surface area contributed by atoms with E-state index in [0.29, 0.717) is 36.5 Å². The van der Waals surface area contributed by atoms with Crippen LogP contribution in [0.5, 0.6) is 0 Å². The minimum Gasteiger partial charge on any atom is -0.461 e. The third-order valence-corrected chi connectivity index (χ3v) is 4.02. The minimum atomic E-state index is -0.710. The predicted molar refractivity (Wildman–Crippen MR) is 102 cm³/mol. The van der Waals surface area contributed by atoms with Gasteiger partial charge in [-0.3, -0.25) is 5.10 Å². The van der Waals surface area contributed by atoms with E-state index in [1.165, 1.54) is 0 Å². The second-order valence-electron chi connectivity index (χ2n) is 6.36. The fraction of sp³-hybridized carbons (Fsp3) is 0.611. The number of nitrogens with one attached hydrogen (secondary N) is 3. The summed E-state index contributed by atoms with van der Waals surface area (Å²) in [5.74, 6) is 2.42. The molecule has 0 aliphatic carbocycles. The number of aromatic amines is 1. The number of guanidine groups is 1. The van der Waals surface area contributed by atoms with E-state index in [2.05, 4.69) is 44.7 Å². The van der Waals surface area contributed by atoms with E-state index in [4.69, 9.17) is 4.42 Å². The molecule has 0 spiro atoms. The van der Waals surface area contributed by atoms with Crippen molar-refractivity contribution >= 4 is 5.96 Å². The summed E-state index contributed by atoms with van der Waals surface area (Å²) in [6.07, 6.45) is 5.01. The van der Waals surface area contributed by atoms with Crippen molar-refractivity contribution in [3.05, 3.63) is 24.2 Å². The van der Waals surface area contributed by atoms with Gasteiger partial charge in [0.1, 0.15) is 12.4 Å². The van der Waals surface area contributed by atoms with Gasteiger partial charge in [0.05, 0.1) is 11.9 Å². The molecule has 2 heterocycles. The molecule has 0 aliphatic rings. The normalized spacial score (nSPS) is 12.4. The van der Waals surface area contributed by atoms with E-state index in [1.54, 1.807) is 12.3 Å². The third-order valence-electron chi connectivity index (χ3n) is 4.02. The zero-order chi connectivity index (χ0) is 18.8. The van der Waals surface area contributed by atoms with Gasteiger partial charge in [0, 0.05) is 13.1 Å². The van der Waals surface area contributed by atoms with Gasteiger partial charge in [0.2, 0.25) is 5.82 Å². The Labute approximate surface area is 154 Å². The molecule has 8 heteroatoms. The highest BCUT2D eigenvalue weighted by atomic mass is 16.3. The number of nitrogens with zero attached hydrogens (tertiary/aromatic N) is 3. The van der Waals surface area contributed by atoms with E-state index in [0.717, 1.165) is 32.2 Å². The fourth-order valence-electron chi connectivity index (χ4n) is 2.86. The van der Waals surface area contributed by atoms with Gasteiger partial charge in [-0.25, -0.2) is 9.98 Å². The molecule has 26 heavy (non-hydrogen) atoms. The lowest BCUT2D eigenvalue weighted by Crippen LogP contribution is -2.47. The summed E-state index contributed by atoms with van der Waals surface area (Å²) in [5, 5.41) is 24.2. The van der Waals surface area contributed by atoms with Crippen molar-refractivity contribution < 1.29 is 9.52 Å². The fourth-order valence-corrected chi connectivity index (χ4v) is 2.86. The van der Waals surface area contributed by atoms with E-state index in [1.807, 2.05) is 13.0 Å². The molecule has 0 radical (unpaired) electrons. The van der Waals surface area contributed by atoms with Crippen molar-refractivity contribution in [3.8, 4) is 11.6 Å². The second kappa shape index (κ2) is 9.96. The quantitative estimate of drug-likeness (QED) is 0.382. The Morgan fingerprint density at radius 3 is 2.65 bits per heavy atom. The molecule has 8 nitrogen and oxygen atoms in total. The van der Waals surface area contributed by atoms with Crippen molar-refractivity contribution in [3.63, 3.8) is 0 Å². The Balaban J connectivity index is 1.97. The van der Waals surface area contributed by atoms with E-state index in [-0.39, 0.29) is 0 Å². The monoisotopic (exact) mass is 362 g/mol. The molecule has 0 amide bonds.